The Morgan fingerprint density at radius 2 is 1.50 bits per heavy atom. The van der Waals surface area contributed by atoms with Crippen molar-refractivity contribution in [1.29, 1.82) is 0 Å². The number of rotatable bonds is 15. The average Bonchev–Trinajstić information content (AvgIpc) is 3.38. The second kappa shape index (κ2) is 15.7. The van der Waals surface area contributed by atoms with Crippen LogP contribution in [-0.4, -0.2) is 63.3 Å². The maximum absolute atomic E-state index is 14.6. The zero-order valence-electron chi connectivity index (χ0n) is 26.5. The molecule has 1 amide bonds. The van der Waals surface area contributed by atoms with Crippen LogP contribution in [-0.2, 0) is 22.6 Å². The lowest BCUT2D eigenvalue weighted by Crippen LogP contribution is -2.32. The maximum atomic E-state index is 14.6. The van der Waals surface area contributed by atoms with Gasteiger partial charge < -0.3 is 24.6 Å². The number of aromatic nitrogens is 1. The van der Waals surface area contributed by atoms with Crippen molar-refractivity contribution in [2.24, 2.45) is 0 Å². The van der Waals surface area contributed by atoms with Gasteiger partial charge in [-0.25, -0.2) is 9.45 Å². The number of hydroxylamine groups is 2. The first-order valence-corrected chi connectivity index (χ1v) is 15.2. The molecule has 4 aromatic rings. The Kier molecular flexibility index (Phi) is 11.7. The van der Waals surface area contributed by atoms with Gasteiger partial charge >= 0.3 is 5.97 Å². The average molecular weight is 633 g/mol. The molecule has 0 saturated heterocycles. The molecule has 1 heterocycles. The molecule has 10 heteroatoms. The van der Waals surface area contributed by atoms with Crippen LogP contribution in [0.4, 0.5) is 4.39 Å². The molecular weight excluding hydrogens is 591 g/mol. The number of aliphatic carboxylic acids is 1. The number of carboxylic acid groups (broad SMARTS) is 1. The lowest BCUT2D eigenvalue weighted by atomic mass is 9.92. The quantitative estimate of drug-likeness (QED) is 0.132. The van der Waals surface area contributed by atoms with E-state index >= 15 is 0 Å². The Hall–Kier alpha value is -4.51. The van der Waals surface area contributed by atoms with E-state index in [-0.39, 0.29) is 31.8 Å². The van der Waals surface area contributed by atoms with Gasteiger partial charge in [-0.15, -0.1) is 0 Å². The molecule has 46 heavy (non-hydrogen) atoms. The smallest absolute Gasteiger partial charge is 0.305 e. The van der Waals surface area contributed by atoms with Gasteiger partial charge in [-0.1, -0.05) is 54.6 Å². The van der Waals surface area contributed by atoms with Crippen molar-refractivity contribution in [3.05, 3.63) is 102 Å². The predicted octanol–water partition coefficient (Wildman–Crippen LogP) is 6.27. The molecule has 4 rings (SSSR count). The molecule has 0 radical (unpaired) electrons. The molecule has 1 aromatic heterocycles. The van der Waals surface area contributed by atoms with Crippen molar-refractivity contribution in [2.75, 3.05) is 14.2 Å². The van der Waals surface area contributed by atoms with Crippen LogP contribution in [0.5, 0.6) is 5.75 Å². The number of ether oxygens (including phenoxy) is 1. The van der Waals surface area contributed by atoms with E-state index in [1.807, 2.05) is 73.0 Å². The van der Waals surface area contributed by atoms with Gasteiger partial charge in [0.15, 0.2) is 0 Å². The van der Waals surface area contributed by atoms with Gasteiger partial charge in [0.25, 0.3) is 5.91 Å². The molecule has 244 valence electrons. The summed E-state index contributed by atoms with van der Waals surface area (Å²) in [5.41, 5.74) is 4.72. The first-order valence-electron chi connectivity index (χ1n) is 15.2. The number of amides is 1. The highest BCUT2D eigenvalue weighted by Gasteiger charge is 2.33. The van der Waals surface area contributed by atoms with Gasteiger partial charge in [0.05, 0.1) is 39.4 Å². The lowest BCUT2D eigenvalue weighted by molar-refractivity contribution is -0.139. The second-order valence-corrected chi connectivity index (χ2v) is 11.4. The van der Waals surface area contributed by atoms with E-state index in [9.17, 15) is 24.2 Å². The van der Waals surface area contributed by atoms with Crippen molar-refractivity contribution in [1.82, 2.24) is 9.63 Å². The summed E-state index contributed by atoms with van der Waals surface area (Å²) in [6.45, 7) is 4.06. The highest BCUT2D eigenvalue weighted by atomic mass is 19.1. The van der Waals surface area contributed by atoms with Crippen LogP contribution in [0.3, 0.4) is 0 Å². The van der Waals surface area contributed by atoms with Crippen molar-refractivity contribution >= 4 is 11.9 Å². The van der Waals surface area contributed by atoms with E-state index in [1.165, 1.54) is 24.3 Å². The number of hydrogen-bond acceptors (Lipinski definition) is 6. The Labute approximate surface area is 268 Å². The summed E-state index contributed by atoms with van der Waals surface area (Å²) in [7, 11) is 3.02. The zero-order chi connectivity index (χ0) is 33.4. The molecule has 2 unspecified atom stereocenters. The van der Waals surface area contributed by atoms with E-state index in [4.69, 9.17) is 14.7 Å². The summed E-state index contributed by atoms with van der Waals surface area (Å²) in [5, 5.41) is 31.3. The topological polar surface area (TPSA) is 121 Å². The van der Waals surface area contributed by atoms with Gasteiger partial charge in [0.1, 0.15) is 17.3 Å². The zero-order valence-corrected chi connectivity index (χ0v) is 26.5. The minimum absolute atomic E-state index is 0.114. The minimum Gasteiger partial charge on any atom is -0.497 e. The summed E-state index contributed by atoms with van der Waals surface area (Å²) in [5.74, 6) is -1.26. The van der Waals surface area contributed by atoms with Crippen molar-refractivity contribution < 1.29 is 38.9 Å². The molecule has 9 nitrogen and oxygen atoms in total. The van der Waals surface area contributed by atoms with Crippen molar-refractivity contribution in [3.8, 4) is 28.0 Å². The van der Waals surface area contributed by atoms with E-state index in [0.29, 0.717) is 28.1 Å². The largest absolute Gasteiger partial charge is 0.497 e. The number of benzene rings is 3. The van der Waals surface area contributed by atoms with Gasteiger partial charge in [0, 0.05) is 22.9 Å². The van der Waals surface area contributed by atoms with Crippen LogP contribution in [0.2, 0.25) is 0 Å². The van der Waals surface area contributed by atoms with E-state index in [0.717, 1.165) is 16.8 Å². The van der Waals surface area contributed by atoms with Gasteiger partial charge in [-0.3, -0.25) is 14.4 Å². The van der Waals surface area contributed by atoms with Crippen LogP contribution in [0.1, 0.15) is 60.9 Å². The summed E-state index contributed by atoms with van der Waals surface area (Å²) < 4.78 is 21.4. The van der Waals surface area contributed by atoms with Crippen LogP contribution >= 0.6 is 0 Å². The molecule has 3 aromatic carbocycles. The number of hydrogen-bond donors (Lipinski definition) is 3. The van der Waals surface area contributed by atoms with Crippen molar-refractivity contribution in [2.45, 2.75) is 64.3 Å². The van der Waals surface area contributed by atoms with Crippen LogP contribution in [0.15, 0.2) is 78.9 Å². The van der Waals surface area contributed by atoms with E-state index in [1.54, 1.807) is 19.2 Å². The highest BCUT2D eigenvalue weighted by molar-refractivity contribution is 6.05. The summed E-state index contributed by atoms with van der Waals surface area (Å²) in [4.78, 5) is 31.3. The monoisotopic (exact) mass is 632 g/mol. The van der Waals surface area contributed by atoms with Crippen LogP contribution < -0.4 is 4.74 Å². The predicted molar refractivity (Wildman–Crippen MR) is 173 cm³/mol. The van der Waals surface area contributed by atoms with Crippen LogP contribution in [0.25, 0.3) is 22.3 Å². The van der Waals surface area contributed by atoms with Crippen molar-refractivity contribution in [3.63, 3.8) is 0 Å². The third kappa shape index (κ3) is 8.20. The number of methoxy groups -OCH3 is 1. The lowest BCUT2D eigenvalue weighted by Gasteiger charge is -2.24. The summed E-state index contributed by atoms with van der Waals surface area (Å²) >= 11 is 0. The standard InChI is InChI=1S/C36H41FN2O7/c1-23(2)39-31(19-16-28(40)20-29(41)21-32(42)43)33(26-12-14-27(37)15-13-26)34(25-8-6-5-7-9-25)35(39)36(44)38(46-4)22-24-10-17-30(45-3)18-11-24/h5-15,17-18,23,28-29,40-41H,16,19-22H2,1-4H3,(H,42,43). The molecule has 2 atom stereocenters. The molecule has 3 N–H and O–H groups in total. The van der Waals surface area contributed by atoms with Gasteiger partial charge in [-0.2, -0.15) is 0 Å². The maximum Gasteiger partial charge on any atom is 0.305 e. The van der Waals surface area contributed by atoms with E-state index < -0.39 is 36.3 Å². The number of carbonyl (C=O) groups is 2. The Morgan fingerprint density at radius 1 is 0.870 bits per heavy atom. The normalized spacial score (nSPS) is 12.6. The summed E-state index contributed by atoms with van der Waals surface area (Å²) in [6.07, 6.45) is -2.33. The molecule has 0 fully saturated rings. The second-order valence-electron chi connectivity index (χ2n) is 11.4. The minimum atomic E-state index is -1.20. The Bertz CT molecular complexity index is 1600. The third-order valence-electron chi connectivity index (χ3n) is 7.82. The van der Waals surface area contributed by atoms with Gasteiger partial charge in [-0.05, 0) is 74.1 Å². The fraction of sp³-hybridized carbons (Fsp3) is 0.333. The molecule has 0 aliphatic carbocycles. The number of halogens is 1. The number of carbonyl (C=O) groups excluding carboxylic acids is 1. The summed E-state index contributed by atoms with van der Waals surface area (Å²) in [6, 6.07) is 22.6. The molecule has 0 saturated carbocycles. The highest BCUT2D eigenvalue weighted by Crippen LogP contribution is 2.43. The number of carboxylic acids is 1. The molecule has 0 aliphatic rings. The number of nitrogens with zero attached hydrogens (tertiary/aromatic N) is 2. The van der Waals surface area contributed by atoms with Crippen LogP contribution in [0, 0.1) is 5.82 Å². The number of aliphatic hydroxyl groups is 2. The van der Waals surface area contributed by atoms with Gasteiger partial charge in [0.2, 0.25) is 0 Å². The molecular formula is C36H41FN2O7. The first-order chi connectivity index (χ1) is 22.0. The number of aliphatic hydroxyl groups excluding tert-OH is 2. The molecule has 0 aliphatic heterocycles. The third-order valence-corrected chi connectivity index (χ3v) is 7.82. The Balaban J connectivity index is 1.89. The first kappa shape index (κ1) is 34.4. The fourth-order valence-corrected chi connectivity index (χ4v) is 5.73. The van der Waals surface area contributed by atoms with E-state index in [2.05, 4.69) is 0 Å². The molecule has 0 bridgehead atoms. The fourth-order valence-electron chi connectivity index (χ4n) is 5.73. The molecule has 0 spiro atoms. The SMILES string of the molecule is COc1ccc(CN(OC)C(=O)c2c(-c3ccccc3)c(-c3ccc(F)cc3)c(CCC(O)CC(O)CC(=O)O)n2C(C)C)cc1. The Morgan fingerprint density at radius 3 is 2.07 bits per heavy atom.